The van der Waals surface area contributed by atoms with Crippen LogP contribution >= 0.6 is 0 Å². The molecular weight excluding hydrogens is 533 g/mol. The first-order valence-corrected chi connectivity index (χ1v) is 13.3. The molecule has 0 bridgehead atoms. The van der Waals surface area contributed by atoms with Crippen LogP contribution < -0.4 is 0 Å². The molecule has 0 heterocycles. The second kappa shape index (κ2) is 23.5. The number of aliphatic hydroxyl groups excluding tert-OH is 5. The Morgan fingerprint density at radius 1 is 0.400 bits per heavy atom. The van der Waals surface area contributed by atoms with E-state index in [1.807, 2.05) is 69.2 Å². The van der Waals surface area contributed by atoms with Crippen molar-refractivity contribution in [1.82, 2.24) is 0 Å². The number of methoxy groups -OCH3 is 1. The molecule has 6 unspecified atom stereocenters. The first-order valence-electron chi connectivity index (χ1n) is 13.3. The molecule has 7 heteroatoms. The van der Waals surface area contributed by atoms with Gasteiger partial charge in [0.2, 0.25) is 0 Å². The SMILES string of the molecule is CC(C)C(O)CC(O)C(C)C.CC(C)C(O)CC(O)C(C)C.COC(CC(O)C(C)C)C(C)C.[Ru]. The predicted octanol–water partition coefficient (Wildman–Crippen LogP) is 4.88. The van der Waals surface area contributed by atoms with Crippen molar-refractivity contribution in [3.05, 3.63) is 0 Å². The number of ether oxygens (including phenoxy) is 1. The number of aliphatic hydroxyl groups is 5. The molecule has 0 aliphatic carbocycles. The van der Waals surface area contributed by atoms with E-state index in [0.717, 1.165) is 6.42 Å². The molecule has 0 saturated heterocycles. The quantitative estimate of drug-likeness (QED) is 0.194. The Morgan fingerprint density at radius 2 is 0.600 bits per heavy atom. The molecule has 6 atom stereocenters. The minimum atomic E-state index is -0.368. The Labute approximate surface area is 231 Å². The standard InChI is InChI=1S/C10H22O2.2C9H20O2.Ru/c1-7(2)9(11)6-10(12-5)8(3)4;2*1-6(2)8(10)5-9(11)7(3)4;/h7-11H,6H2,1-5H3;2*6-11H,5H2,1-4H3;. The second-order valence-electron chi connectivity index (χ2n) is 11.8. The summed E-state index contributed by atoms with van der Waals surface area (Å²) in [5.41, 5.74) is 0. The minimum Gasteiger partial charge on any atom is -0.393 e. The van der Waals surface area contributed by atoms with E-state index in [1.54, 1.807) is 7.11 Å². The van der Waals surface area contributed by atoms with Crippen LogP contribution in [0.15, 0.2) is 0 Å². The van der Waals surface area contributed by atoms with Crippen molar-refractivity contribution in [2.75, 3.05) is 7.11 Å². The third kappa shape index (κ3) is 24.5. The molecular formula is C28H62O6Ru. The molecule has 0 spiro atoms. The Balaban J connectivity index is -0.000000203. The van der Waals surface area contributed by atoms with Gasteiger partial charge in [0.05, 0.1) is 36.6 Å². The molecule has 35 heavy (non-hydrogen) atoms. The minimum absolute atomic E-state index is 0. The van der Waals surface area contributed by atoms with Gasteiger partial charge in [-0.2, -0.15) is 0 Å². The van der Waals surface area contributed by atoms with Crippen LogP contribution in [-0.2, 0) is 24.2 Å². The fourth-order valence-corrected chi connectivity index (χ4v) is 2.73. The van der Waals surface area contributed by atoms with Crippen molar-refractivity contribution in [2.45, 2.75) is 139 Å². The molecule has 0 amide bonds. The zero-order valence-corrected chi connectivity index (χ0v) is 26.8. The maximum Gasteiger partial charge on any atom is 0.0618 e. The van der Waals surface area contributed by atoms with Crippen LogP contribution in [0.5, 0.6) is 0 Å². The van der Waals surface area contributed by atoms with Crippen molar-refractivity contribution in [3.63, 3.8) is 0 Å². The van der Waals surface area contributed by atoms with E-state index in [0.29, 0.717) is 24.7 Å². The topological polar surface area (TPSA) is 110 Å². The monoisotopic (exact) mass is 596 g/mol. The molecule has 0 aromatic rings. The van der Waals surface area contributed by atoms with Gasteiger partial charge >= 0.3 is 0 Å². The molecule has 0 aromatic heterocycles. The smallest absolute Gasteiger partial charge is 0.0618 e. The van der Waals surface area contributed by atoms with Gasteiger partial charge in [-0.05, 0) is 54.8 Å². The van der Waals surface area contributed by atoms with Crippen LogP contribution in [0.3, 0.4) is 0 Å². The predicted molar refractivity (Wildman–Crippen MR) is 144 cm³/mol. The molecule has 0 aliphatic rings. The molecule has 5 N–H and O–H groups in total. The zero-order valence-electron chi connectivity index (χ0n) is 25.0. The van der Waals surface area contributed by atoms with Gasteiger partial charge in [0.1, 0.15) is 0 Å². The third-order valence-corrected chi connectivity index (χ3v) is 6.33. The molecule has 218 valence electrons. The number of hydrogen-bond donors (Lipinski definition) is 5. The van der Waals surface area contributed by atoms with Crippen LogP contribution in [0.4, 0.5) is 0 Å². The van der Waals surface area contributed by atoms with E-state index in [-0.39, 0.29) is 79.8 Å². The summed E-state index contributed by atoms with van der Waals surface area (Å²) in [4.78, 5) is 0. The van der Waals surface area contributed by atoms with Crippen LogP contribution in [-0.4, -0.2) is 69.3 Å². The largest absolute Gasteiger partial charge is 0.393 e. The molecule has 0 saturated carbocycles. The molecule has 6 nitrogen and oxygen atoms in total. The van der Waals surface area contributed by atoms with E-state index in [9.17, 15) is 25.5 Å². The van der Waals surface area contributed by atoms with Crippen molar-refractivity contribution in [3.8, 4) is 0 Å². The van der Waals surface area contributed by atoms with E-state index >= 15 is 0 Å². The Morgan fingerprint density at radius 3 is 0.743 bits per heavy atom. The van der Waals surface area contributed by atoms with Crippen molar-refractivity contribution < 1.29 is 49.7 Å². The summed E-state index contributed by atoms with van der Waals surface area (Å²) in [6.45, 7) is 23.9. The van der Waals surface area contributed by atoms with Gasteiger partial charge < -0.3 is 30.3 Å². The molecule has 0 fully saturated rings. The maximum atomic E-state index is 9.60. The van der Waals surface area contributed by atoms with Crippen LogP contribution in [0.1, 0.15) is 102 Å². The second-order valence-corrected chi connectivity index (χ2v) is 11.8. The van der Waals surface area contributed by atoms with Gasteiger partial charge in [-0.1, -0.05) is 83.1 Å². The van der Waals surface area contributed by atoms with Gasteiger partial charge in [-0.25, -0.2) is 0 Å². The molecule has 0 rings (SSSR count). The van der Waals surface area contributed by atoms with Gasteiger partial charge in [0.25, 0.3) is 0 Å². The van der Waals surface area contributed by atoms with E-state index in [2.05, 4.69) is 13.8 Å². The summed E-state index contributed by atoms with van der Waals surface area (Å²) < 4.78 is 5.27. The average molecular weight is 596 g/mol. The van der Waals surface area contributed by atoms with E-state index < -0.39 is 0 Å². The van der Waals surface area contributed by atoms with Crippen molar-refractivity contribution >= 4 is 0 Å². The molecule has 0 radical (unpaired) electrons. The Bertz CT molecular complexity index is 393. The van der Waals surface area contributed by atoms with E-state index in [4.69, 9.17) is 4.74 Å². The van der Waals surface area contributed by atoms with Gasteiger partial charge in [0, 0.05) is 26.6 Å². The fraction of sp³-hybridized carbons (Fsp3) is 1.00. The number of hydrogen-bond acceptors (Lipinski definition) is 6. The first-order chi connectivity index (χ1) is 15.4. The van der Waals surface area contributed by atoms with Gasteiger partial charge in [-0.15, -0.1) is 0 Å². The summed E-state index contributed by atoms with van der Waals surface area (Å²) in [6, 6.07) is 0. The van der Waals surface area contributed by atoms with Crippen LogP contribution in [0, 0.1) is 35.5 Å². The van der Waals surface area contributed by atoms with Gasteiger partial charge in [0.15, 0.2) is 0 Å². The molecule has 0 aromatic carbocycles. The summed E-state index contributed by atoms with van der Waals surface area (Å²) in [6.07, 6.45) is 0.204. The Hall–Kier alpha value is 0.383. The van der Waals surface area contributed by atoms with Crippen LogP contribution in [0.2, 0.25) is 0 Å². The first kappa shape index (κ1) is 42.5. The van der Waals surface area contributed by atoms with Crippen molar-refractivity contribution in [2.24, 2.45) is 35.5 Å². The number of rotatable bonds is 13. The Kier molecular flexibility index (Phi) is 28.5. The summed E-state index contributed by atoms with van der Waals surface area (Å²) in [7, 11) is 1.71. The van der Waals surface area contributed by atoms with Gasteiger partial charge in [-0.3, -0.25) is 0 Å². The van der Waals surface area contributed by atoms with Crippen LogP contribution in [0.25, 0.3) is 0 Å². The van der Waals surface area contributed by atoms with Crippen molar-refractivity contribution in [1.29, 1.82) is 0 Å². The summed E-state index contributed by atoms with van der Waals surface area (Å²) in [5, 5.41) is 47.1. The molecule has 0 aliphatic heterocycles. The normalized spacial score (nSPS) is 16.8. The summed E-state index contributed by atoms with van der Waals surface area (Å²) >= 11 is 0. The fourth-order valence-electron chi connectivity index (χ4n) is 2.73. The summed E-state index contributed by atoms with van der Waals surface area (Å²) in [5.74, 6) is 1.75. The maximum absolute atomic E-state index is 9.60. The zero-order chi connectivity index (χ0) is 27.8. The van der Waals surface area contributed by atoms with E-state index in [1.165, 1.54) is 0 Å². The average Bonchev–Trinajstić information content (AvgIpc) is 2.71. The third-order valence-electron chi connectivity index (χ3n) is 6.33.